The van der Waals surface area contributed by atoms with Gasteiger partial charge in [-0.15, -0.1) is 0 Å². The Labute approximate surface area is 131 Å². The molecule has 1 aromatic carbocycles. The zero-order valence-corrected chi connectivity index (χ0v) is 13.1. The van der Waals surface area contributed by atoms with Gasteiger partial charge in [-0.25, -0.2) is 0 Å². The van der Waals surface area contributed by atoms with Crippen molar-refractivity contribution in [2.45, 2.75) is 51.0 Å². The molecule has 1 saturated heterocycles. The van der Waals surface area contributed by atoms with Crippen molar-refractivity contribution in [2.75, 3.05) is 6.54 Å². The van der Waals surface area contributed by atoms with Gasteiger partial charge in [0.2, 0.25) is 11.8 Å². The van der Waals surface area contributed by atoms with Crippen molar-refractivity contribution in [2.24, 2.45) is 11.7 Å². The molecule has 4 nitrogen and oxygen atoms in total. The third-order valence-electron chi connectivity index (χ3n) is 5.24. The predicted octanol–water partition coefficient (Wildman–Crippen LogP) is 2.22. The molecule has 3 unspecified atom stereocenters. The largest absolute Gasteiger partial charge is 0.369 e. The molecular weight excluding hydrogens is 276 g/mol. The number of nitrogens with zero attached hydrogens (tertiary/aromatic N) is 1. The van der Waals surface area contributed by atoms with E-state index in [0.29, 0.717) is 6.54 Å². The fourth-order valence-electron chi connectivity index (χ4n) is 3.86. The average molecular weight is 300 g/mol. The summed E-state index contributed by atoms with van der Waals surface area (Å²) in [5.41, 5.74) is 7.92. The van der Waals surface area contributed by atoms with Crippen LogP contribution in [0.25, 0.3) is 0 Å². The molecule has 118 valence electrons. The van der Waals surface area contributed by atoms with Crippen LogP contribution in [0.4, 0.5) is 0 Å². The molecular formula is C18H24N2O2. The molecule has 0 bridgehead atoms. The minimum atomic E-state index is -0.284. The van der Waals surface area contributed by atoms with Crippen molar-refractivity contribution < 1.29 is 9.59 Å². The van der Waals surface area contributed by atoms with E-state index in [2.05, 4.69) is 19.1 Å². The maximum Gasteiger partial charge on any atom is 0.230 e. The molecule has 0 radical (unpaired) electrons. The first kappa shape index (κ1) is 15.1. The van der Waals surface area contributed by atoms with E-state index in [1.807, 2.05) is 17.0 Å². The maximum absolute atomic E-state index is 13.1. The summed E-state index contributed by atoms with van der Waals surface area (Å²) in [7, 11) is 0. The lowest BCUT2D eigenvalue weighted by Crippen LogP contribution is -2.50. The van der Waals surface area contributed by atoms with E-state index in [0.717, 1.165) is 32.1 Å². The highest BCUT2D eigenvalue weighted by atomic mass is 16.2. The lowest BCUT2D eigenvalue weighted by atomic mass is 9.81. The Morgan fingerprint density at radius 1 is 1.18 bits per heavy atom. The fraction of sp³-hybridized carbons (Fsp3) is 0.556. The SMILES string of the molecule is CC1CCC(C(N)=O)CN1C(=O)C1CCCc2ccccc21. The number of piperidine rings is 1. The summed E-state index contributed by atoms with van der Waals surface area (Å²) >= 11 is 0. The van der Waals surface area contributed by atoms with Gasteiger partial charge in [0.05, 0.1) is 11.8 Å². The van der Waals surface area contributed by atoms with Gasteiger partial charge in [0.25, 0.3) is 0 Å². The van der Waals surface area contributed by atoms with Crippen molar-refractivity contribution in [1.29, 1.82) is 0 Å². The van der Waals surface area contributed by atoms with Gasteiger partial charge in [0.1, 0.15) is 0 Å². The summed E-state index contributed by atoms with van der Waals surface area (Å²) in [4.78, 5) is 26.5. The zero-order chi connectivity index (χ0) is 15.7. The Morgan fingerprint density at radius 3 is 2.73 bits per heavy atom. The molecule has 2 amide bonds. The predicted molar refractivity (Wildman–Crippen MR) is 85.2 cm³/mol. The summed E-state index contributed by atoms with van der Waals surface area (Å²) in [6.07, 6.45) is 4.66. The molecule has 4 heteroatoms. The highest BCUT2D eigenvalue weighted by Crippen LogP contribution is 2.35. The van der Waals surface area contributed by atoms with E-state index >= 15 is 0 Å². The molecule has 3 rings (SSSR count). The van der Waals surface area contributed by atoms with E-state index in [4.69, 9.17) is 5.73 Å². The summed E-state index contributed by atoms with van der Waals surface area (Å²) in [6.45, 7) is 2.55. The molecule has 1 aliphatic carbocycles. The number of primary amides is 1. The summed E-state index contributed by atoms with van der Waals surface area (Å²) < 4.78 is 0. The van der Waals surface area contributed by atoms with Crippen LogP contribution < -0.4 is 5.73 Å². The first-order valence-corrected chi connectivity index (χ1v) is 8.25. The number of aryl methyl sites for hydroxylation is 1. The topological polar surface area (TPSA) is 63.4 Å². The third-order valence-corrected chi connectivity index (χ3v) is 5.24. The molecule has 1 aliphatic heterocycles. The molecule has 0 spiro atoms. The number of carbonyl (C=O) groups is 2. The van der Waals surface area contributed by atoms with Gasteiger partial charge in [-0.3, -0.25) is 9.59 Å². The van der Waals surface area contributed by atoms with Crippen molar-refractivity contribution in [3.8, 4) is 0 Å². The second-order valence-electron chi connectivity index (χ2n) is 6.66. The molecule has 2 N–H and O–H groups in total. The number of likely N-dealkylation sites (tertiary alicyclic amines) is 1. The van der Waals surface area contributed by atoms with E-state index in [1.165, 1.54) is 11.1 Å². The van der Waals surface area contributed by atoms with Crippen molar-refractivity contribution in [1.82, 2.24) is 4.90 Å². The quantitative estimate of drug-likeness (QED) is 0.910. The maximum atomic E-state index is 13.1. The number of rotatable bonds is 2. The number of hydrogen-bond donors (Lipinski definition) is 1. The molecule has 2 aliphatic rings. The van der Waals surface area contributed by atoms with Crippen LogP contribution in [-0.4, -0.2) is 29.3 Å². The van der Waals surface area contributed by atoms with Gasteiger partial charge >= 0.3 is 0 Å². The zero-order valence-electron chi connectivity index (χ0n) is 13.1. The van der Waals surface area contributed by atoms with Crippen LogP contribution in [0.2, 0.25) is 0 Å². The van der Waals surface area contributed by atoms with Gasteiger partial charge in [0, 0.05) is 12.6 Å². The summed E-state index contributed by atoms with van der Waals surface area (Å²) in [5, 5.41) is 0. The normalized spacial score (nSPS) is 28.0. The van der Waals surface area contributed by atoms with Crippen molar-refractivity contribution >= 4 is 11.8 Å². The van der Waals surface area contributed by atoms with Crippen LogP contribution in [0.15, 0.2) is 24.3 Å². The average Bonchev–Trinajstić information content (AvgIpc) is 2.54. The second kappa shape index (κ2) is 6.11. The van der Waals surface area contributed by atoms with Gasteiger partial charge in [0.15, 0.2) is 0 Å². The first-order valence-electron chi connectivity index (χ1n) is 8.25. The molecule has 3 atom stereocenters. The van der Waals surface area contributed by atoms with Gasteiger partial charge < -0.3 is 10.6 Å². The molecule has 1 heterocycles. The third kappa shape index (κ3) is 2.74. The highest BCUT2D eigenvalue weighted by molar-refractivity contribution is 5.86. The highest BCUT2D eigenvalue weighted by Gasteiger charge is 2.36. The van der Waals surface area contributed by atoms with Gasteiger partial charge in [-0.05, 0) is 50.2 Å². The Morgan fingerprint density at radius 2 is 1.95 bits per heavy atom. The van der Waals surface area contributed by atoms with Crippen LogP contribution in [0.5, 0.6) is 0 Å². The molecule has 22 heavy (non-hydrogen) atoms. The number of hydrogen-bond acceptors (Lipinski definition) is 2. The van der Waals surface area contributed by atoms with Gasteiger partial charge in [-0.1, -0.05) is 24.3 Å². The Hall–Kier alpha value is -1.84. The Bertz CT molecular complexity index is 584. The van der Waals surface area contributed by atoms with E-state index in [1.54, 1.807) is 0 Å². The first-order chi connectivity index (χ1) is 10.6. The number of amides is 2. The van der Waals surface area contributed by atoms with Crippen LogP contribution in [0, 0.1) is 5.92 Å². The van der Waals surface area contributed by atoms with E-state index in [-0.39, 0.29) is 29.7 Å². The van der Waals surface area contributed by atoms with E-state index in [9.17, 15) is 9.59 Å². The van der Waals surface area contributed by atoms with Crippen LogP contribution in [0.3, 0.4) is 0 Å². The van der Waals surface area contributed by atoms with Crippen LogP contribution in [-0.2, 0) is 16.0 Å². The smallest absolute Gasteiger partial charge is 0.230 e. The van der Waals surface area contributed by atoms with Crippen LogP contribution >= 0.6 is 0 Å². The van der Waals surface area contributed by atoms with Crippen molar-refractivity contribution in [3.05, 3.63) is 35.4 Å². The molecule has 0 saturated carbocycles. The second-order valence-corrected chi connectivity index (χ2v) is 6.66. The Balaban J connectivity index is 1.83. The minimum absolute atomic E-state index is 0.0565. The molecule has 0 aromatic heterocycles. The Kier molecular flexibility index (Phi) is 4.19. The lowest BCUT2D eigenvalue weighted by Gasteiger charge is -2.40. The number of carbonyl (C=O) groups excluding carboxylic acids is 2. The number of fused-ring (bicyclic) bond motifs is 1. The van der Waals surface area contributed by atoms with E-state index < -0.39 is 0 Å². The number of benzene rings is 1. The van der Waals surface area contributed by atoms with Gasteiger partial charge in [-0.2, -0.15) is 0 Å². The number of nitrogens with two attached hydrogens (primary N) is 1. The summed E-state index contributed by atoms with van der Waals surface area (Å²) in [6, 6.07) is 8.45. The summed E-state index contributed by atoms with van der Waals surface area (Å²) in [5.74, 6) is -0.364. The van der Waals surface area contributed by atoms with Crippen molar-refractivity contribution in [3.63, 3.8) is 0 Å². The fourth-order valence-corrected chi connectivity index (χ4v) is 3.86. The standard InChI is InChI=1S/C18H24N2O2/c1-12-9-10-14(17(19)21)11-20(12)18(22)16-8-4-6-13-5-2-3-7-15(13)16/h2-3,5,7,12,14,16H,4,6,8-11H2,1H3,(H2,19,21). The van der Waals surface area contributed by atoms with Crippen LogP contribution in [0.1, 0.15) is 49.7 Å². The minimum Gasteiger partial charge on any atom is -0.369 e. The monoisotopic (exact) mass is 300 g/mol. The molecule has 1 aromatic rings. The lowest BCUT2D eigenvalue weighted by molar-refractivity contribution is -0.139. The molecule has 1 fully saturated rings.